The van der Waals surface area contributed by atoms with Crippen LogP contribution in [0.15, 0.2) is 24.3 Å². The second-order valence-corrected chi connectivity index (χ2v) is 6.54. The van der Waals surface area contributed by atoms with E-state index in [-0.39, 0.29) is 0 Å². The minimum atomic E-state index is 0.329. The number of para-hydroxylation sites is 2. The molecule has 2 aliphatic carbocycles. The lowest BCUT2D eigenvalue weighted by Crippen LogP contribution is -2.23. The molecule has 2 nitrogen and oxygen atoms in total. The molecule has 2 saturated carbocycles. The fourth-order valence-corrected chi connectivity index (χ4v) is 3.96. The Labute approximate surface area is 126 Å². The molecule has 0 N–H and O–H groups in total. The van der Waals surface area contributed by atoms with Gasteiger partial charge in [0.15, 0.2) is 11.5 Å². The van der Waals surface area contributed by atoms with E-state index in [9.17, 15) is 0 Å². The molecule has 2 atom stereocenters. The van der Waals surface area contributed by atoms with Crippen molar-refractivity contribution in [1.82, 2.24) is 0 Å². The van der Waals surface area contributed by atoms with Crippen molar-refractivity contribution in [3.63, 3.8) is 0 Å². The zero-order valence-corrected chi connectivity index (χ0v) is 12.9. The Morgan fingerprint density at radius 3 is 2.40 bits per heavy atom. The second kappa shape index (κ2) is 5.85. The van der Waals surface area contributed by atoms with E-state index in [0.717, 1.165) is 42.2 Å². The summed E-state index contributed by atoms with van der Waals surface area (Å²) in [5, 5.41) is 0. The molecule has 3 heteroatoms. The van der Waals surface area contributed by atoms with Crippen LogP contribution in [0.3, 0.4) is 0 Å². The van der Waals surface area contributed by atoms with Gasteiger partial charge in [-0.05, 0) is 62.0 Å². The topological polar surface area (TPSA) is 18.5 Å². The van der Waals surface area contributed by atoms with Crippen molar-refractivity contribution in [1.29, 1.82) is 0 Å². The monoisotopic (exact) mass is 294 g/mol. The Hall–Kier alpha value is -0.890. The third-order valence-electron chi connectivity index (χ3n) is 4.78. The maximum absolute atomic E-state index is 6.23. The van der Waals surface area contributed by atoms with Gasteiger partial charge in [-0.3, -0.25) is 0 Å². The third kappa shape index (κ3) is 2.90. The van der Waals surface area contributed by atoms with Crippen LogP contribution in [0.5, 0.6) is 11.5 Å². The molecule has 20 heavy (non-hydrogen) atoms. The number of halogens is 1. The van der Waals surface area contributed by atoms with Gasteiger partial charge in [0.2, 0.25) is 0 Å². The highest BCUT2D eigenvalue weighted by molar-refractivity contribution is 6.18. The van der Waals surface area contributed by atoms with E-state index in [1.165, 1.54) is 19.3 Å². The van der Waals surface area contributed by atoms with Crippen LogP contribution in [-0.4, -0.2) is 19.1 Å². The largest absolute Gasteiger partial charge is 0.490 e. The van der Waals surface area contributed by atoms with Gasteiger partial charge in [0.1, 0.15) is 0 Å². The van der Waals surface area contributed by atoms with Crippen LogP contribution >= 0.6 is 11.6 Å². The zero-order chi connectivity index (χ0) is 14.0. The minimum absolute atomic E-state index is 0.329. The predicted octanol–water partition coefficient (Wildman–Crippen LogP) is 4.51. The van der Waals surface area contributed by atoms with Crippen molar-refractivity contribution in [2.24, 2.45) is 17.3 Å². The maximum Gasteiger partial charge on any atom is 0.161 e. The summed E-state index contributed by atoms with van der Waals surface area (Å²) in [6.07, 6.45) is 5.10. The van der Waals surface area contributed by atoms with Crippen LogP contribution in [0.1, 0.15) is 32.6 Å². The van der Waals surface area contributed by atoms with Gasteiger partial charge in [-0.15, -0.1) is 11.6 Å². The van der Waals surface area contributed by atoms with Crippen LogP contribution in [0.4, 0.5) is 0 Å². The van der Waals surface area contributed by atoms with Crippen LogP contribution in [0.25, 0.3) is 0 Å². The molecule has 0 aliphatic heterocycles. The molecule has 2 unspecified atom stereocenters. The van der Waals surface area contributed by atoms with E-state index in [1.54, 1.807) is 0 Å². The van der Waals surface area contributed by atoms with Crippen molar-refractivity contribution >= 4 is 11.6 Å². The molecule has 0 bridgehead atoms. The number of ether oxygens (including phenoxy) is 2. The molecule has 110 valence electrons. The molecule has 0 aromatic heterocycles. The average Bonchev–Trinajstić information content (AvgIpc) is 3.09. The molecular weight excluding hydrogens is 272 g/mol. The molecule has 2 aliphatic rings. The summed E-state index contributed by atoms with van der Waals surface area (Å²) in [5.74, 6) is 4.39. The van der Waals surface area contributed by atoms with Crippen molar-refractivity contribution in [2.75, 3.05) is 19.1 Å². The van der Waals surface area contributed by atoms with Crippen molar-refractivity contribution in [2.45, 2.75) is 32.6 Å². The van der Waals surface area contributed by atoms with Crippen LogP contribution < -0.4 is 9.47 Å². The first-order valence-corrected chi connectivity index (χ1v) is 8.20. The van der Waals surface area contributed by atoms with Crippen LogP contribution in [0, 0.1) is 17.3 Å². The molecule has 2 fully saturated rings. The number of benzene rings is 1. The van der Waals surface area contributed by atoms with Gasteiger partial charge in [0.05, 0.1) is 13.2 Å². The van der Waals surface area contributed by atoms with E-state index < -0.39 is 0 Å². The van der Waals surface area contributed by atoms with E-state index in [1.807, 2.05) is 31.2 Å². The molecule has 0 heterocycles. The highest BCUT2D eigenvalue weighted by atomic mass is 35.5. The standard InChI is InChI=1S/C17H23ClO2/c1-2-19-15-5-3-4-6-16(15)20-8-7-17(12-18)10-13-9-14(13)11-17/h3-6,13-14H,2,7-12H2,1H3. The molecule has 0 amide bonds. The van der Waals surface area contributed by atoms with E-state index in [4.69, 9.17) is 21.1 Å². The summed E-state index contributed by atoms with van der Waals surface area (Å²) in [4.78, 5) is 0. The first kappa shape index (κ1) is 14.1. The van der Waals surface area contributed by atoms with Gasteiger partial charge < -0.3 is 9.47 Å². The Morgan fingerprint density at radius 2 is 1.80 bits per heavy atom. The normalized spacial score (nSPS) is 30.9. The fraction of sp³-hybridized carbons (Fsp3) is 0.647. The van der Waals surface area contributed by atoms with Gasteiger partial charge in [-0.1, -0.05) is 12.1 Å². The number of fused-ring (bicyclic) bond motifs is 1. The predicted molar refractivity (Wildman–Crippen MR) is 81.7 cm³/mol. The summed E-state index contributed by atoms with van der Waals surface area (Å²) in [6.45, 7) is 3.38. The van der Waals surface area contributed by atoms with Gasteiger partial charge in [-0.2, -0.15) is 0 Å². The first-order chi connectivity index (χ1) is 9.76. The van der Waals surface area contributed by atoms with Gasteiger partial charge >= 0.3 is 0 Å². The lowest BCUT2D eigenvalue weighted by atomic mass is 9.82. The lowest BCUT2D eigenvalue weighted by molar-refractivity contribution is 0.197. The average molecular weight is 295 g/mol. The van der Waals surface area contributed by atoms with Gasteiger partial charge in [-0.25, -0.2) is 0 Å². The maximum atomic E-state index is 6.23. The third-order valence-corrected chi connectivity index (χ3v) is 5.35. The SMILES string of the molecule is CCOc1ccccc1OCCC1(CCl)CC2CC2C1. The van der Waals surface area contributed by atoms with E-state index >= 15 is 0 Å². The van der Waals surface area contributed by atoms with Crippen molar-refractivity contribution in [3.8, 4) is 11.5 Å². The van der Waals surface area contributed by atoms with E-state index in [0.29, 0.717) is 12.0 Å². The molecule has 1 aromatic rings. The number of hydrogen-bond acceptors (Lipinski definition) is 2. The summed E-state index contributed by atoms with van der Waals surface area (Å²) < 4.78 is 11.5. The zero-order valence-electron chi connectivity index (χ0n) is 12.1. The smallest absolute Gasteiger partial charge is 0.161 e. The molecular formula is C17H23ClO2. The lowest BCUT2D eigenvalue weighted by Gasteiger charge is -2.28. The molecule has 3 rings (SSSR count). The Morgan fingerprint density at radius 1 is 1.15 bits per heavy atom. The van der Waals surface area contributed by atoms with E-state index in [2.05, 4.69) is 0 Å². The number of rotatable bonds is 7. The Kier molecular flexibility index (Phi) is 4.11. The first-order valence-electron chi connectivity index (χ1n) is 7.67. The number of hydrogen-bond donors (Lipinski definition) is 0. The highest BCUT2D eigenvalue weighted by Crippen LogP contribution is 2.61. The summed E-state index contributed by atoms with van der Waals surface area (Å²) in [6, 6.07) is 7.90. The van der Waals surface area contributed by atoms with Crippen molar-refractivity contribution in [3.05, 3.63) is 24.3 Å². The fourth-order valence-electron chi connectivity index (χ4n) is 3.61. The quantitative estimate of drug-likeness (QED) is 0.689. The van der Waals surface area contributed by atoms with Crippen molar-refractivity contribution < 1.29 is 9.47 Å². The van der Waals surface area contributed by atoms with Crippen LogP contribution in [0.2, 0.25) is 0 Å². The second-order valence-electron chi connectivity index (χ2n) is 6.28. The molecule has 0 saturated heterocycles. The van der Waals surface area contributed by atoms with Crippen LogP contribution in [-0.2, 0) is 0 Å². The summed E-state index contributed by atoms with van der Waals surface area (Å²) >= 11 is 6.23. The summed E-state index contributed by atoms with van der Waals surface area (Å²) in [5.41, 5.74) is 0.329. The highest BCUT2D eigenvalue weighted by Gasteiger charge is 2.52. The molecule has 1 aromatic carbocycles. The molecule has 0 spiro atoms. The number of alkyl halides is 1. The molecule has 0 radical (unpaired) electrons. The van der Waals surface area contributed by atoms with Gasteiger partial charge in [0.25, 0.3) is 0 Å². The van der Waals surface area contributed by atoms with Gasteiger partial charge in [0, 0.05) is 5.88 Å². The summed E-state index contributed by atoms with van der Waals surface area (Å²) in [7, 11) is 0. The minimum Gasteiger partial charge on any atom is -0.490 e. The Bertz CT molecular complexity index is 450. The Balaban J connectivity index is 1.54.